The van der Waals surface area contributed by atoms with E-state index >= 15 is 0 Å². The molecule has 0 fully saturated rings. The highest BCUT2D eigenvalue weighted by molar-refractivity contribution is 14.1. The monoisotopic (exact) mass is 348 g/mol. The minimum Gasteiger partial charge on any atom is -0.364 e. The first kappa shape index (κ1) is 11.3. The summed E-state index contributed by atoms with van der Waals surface area (Å²) < 4.78 is 1.99. The van der Waals surface area contributed by atoms with Crippen molar-refractivity contribution in [1.82, 2.24) is 14.8 Å². The van der Waals surface area contributed by atoms with Crippen LogP contribution >= 0.6 is 34.2 Å². The number of aromatic nitrogens is 3. The highest BCUT2D eigenvalue weighted by Crippen LogP contribution is 2.19. The molecule has 0 saturated carbocycles. The Hall–Kier alpha value is -1.15. The maximum Gasteiger partial charge on any atom is 0.267 e. The Morgan fingerprint density at radius 2 is 2.31 bits per heavy atom. The van der Waals surface area contributed by atoms with Crippen molar-refractivity contribution in [3.63, 3.8) is 0 Å². The molecule has 0 aromatic carbocycles. The number of pyridine rings is 1. The number of hydrogen-bond donors (Lipinski definition) is 1. The van der Waals surface area contributed by atoms with E-state index in [0.29, 0.717) is 14.5 Å². The molecule has 0 radical (unpaired) electrons. The lowest BCUT2D eigenvalue weighted by atomic mass is 10.4. The third kappa shape index (κ3) is 2.03. The highest BCUT2D eigenvalue weighted by atomic mass is 127. The maximum atomic E-state index is 11.2. The smallest absolute Gasteiger partial charge is 0.267 e. The van der Waals surface area contributed by atoms with Gasteiger partial charge in [0.1, 0.15) is 9.39 Å². The van der Waals surface area contributed by atoms with E-state index in [4.69, 9.17) is 17.3 Å². The summed E-state index contributed by atoms with van der Waals surface area (Å²) in [6, 6.07) is 4.95. The van der Waals surface area contributed by atoms with Crippen LogP contribution in [0.15, 0.2) is 24.4 Å². The van der Waals surface area contributed by atoms with E-state index in [1.54, 1.807) is 24.4 Å². The van der Waals surface area contributed by atoms with Gasteiger partial charge in [0.15, 0.2) is 5.82 Å². The van der Waals surface area contributed by atoms with E-state index in [1.165, 1.54) is 4.68 Å². The second-order valence-corrected chi connectivity index (χ2v) is 4.45. The van der Waals surface area contributed by atoms with E-state index in [0.717, 1.165) is 0 Å². The zero-order valence-electron chi connectivity index (χ0n) is 7.89. The molecule has 0 unspecified atom stereocenters. The number of halogens is 2. The van der Waals surface area contributed by atoms with Crippen molar-refractivity contribution >= 4 is 40.1 Å². The van der Waals surface area contributed by atoms with Crippen LogP contribution in [-0.2, 0) is 0 Å². The average Bonchev–Trinajstić information content (AvgIpc) is 2.61. The van der Waals surface area contributed by atoms with E-state index in [-0.39, 0.29) is 5.69 Å². The molecular weight excluding hydrogens is 342 g/mol. The van der Waals surface area contributed by atoms with Gasteiger partial charge in [0.2, 0.25) is 0 Å². The van der Waals surface area contributed by atoms with Crippen LogP contribution in [0.2, 0.25) is 5.02 Å². The molecule has 0 spiro atoms. The summed E-state index contributed by atoms with van der Waals surface area (Å²) in [5.41, 5.74) is 5.50. The molecule has 5 nitrogen and oxygen atoms in total. The van der Waals surface area contributed by atoms with E-state index in [9.17, 15) is 4.79 Å². The molecule has 2 N–H and O–H groups in total. The molecule has 2 heterocycles. The van der Waals surface area contributed by atoms with Crippen LogP contribution in [0.3, 0.4) is 0 Å². The summed E-state index contributed by atoms with van der Waals surface area (Å²) in [4.78, 5) is 15.3. The van der Waals surface area contributed by atoms with Gasteiger partial charge >= 0.3 is 0 Å². The summed E-state index contributed by atoms with van der Waals surface area (Å²) in [5, 5.41) is 4.53. The summed E-state index contributed by atoms with van der Waals surface area (Å²) in [5.74, 6) is -0.182. The summed E-state index contributed by atoms with van der Waals surface area (Å²) in [7, 11) is 0. The second kappa shape index (κ2) is 4.38. The van der Waals surface area contributed by atoms with Gasteiger partial charge in [-0.3, -0.25) is 4.79 Å². The van der Waals surface area contributed by atoms with Crippen molar-refractivity contribution in [3.8, 4) is 5.82 Å². The number of carbonyl (C=O) groups excluding carboxylic acids is 1. The zero-order valence-corrected chi connectivity index (χ0v) is 10.8. The fraction of sp³-hybridized carbons (Fsp3) is 0. The Morgan fingerprint density at radius 3 is 2.94 bits per heavy atom. The van der Waals surface area contributed by atoms with E-state index < -0.39 is 5.91 Å². The van der Waals surface area contributed by atoms with Crippen LogP contribution in [0.1, 0.15) is 10.5 Å². The van der Waals surface area contributed by atoms with Gasteiger partial charge < -0.3 is 5.73 Å². The van der Waals surface area contributed by atoms with Gasteiger partial charge in [-0.15, -0.1) is 0 Å². The number of hydrogen-bond acceptors (Lipinski definition) is 3. The van der Waals surface area contributed by atoms with Gasteiger partial charge in [0.25, 0.3) is 5.91 Å². The fourth-order valence-electron chi connectivity index (χ4n) is 1.22. The van der Waals surface area contributed by atoms with Crippen LogP contribution < -0.4 is 5.73 Å². The first-order valence-corrected chi connectivity index (χ1v) is 5.71. The molecule has 2 aromatic rings. The lowest BCUT2D eigenvalue weighted by molar-refractivity contribution is 0.0993. The van der Waals surface area contributed by atoms with Crippen LogP contribution in [0.4, 0.5) is 0 Å². The number of primary amides is 1. The van der Waals surface area contributed by atoms with Crippen LogP contribution in [0, 0.1) is 3.70 Å². The largest absolute Gasteiger partial charge is 0.364 e. The van der Waals surface area contributed by atoms with Crippen molar-refractivity contribution < 1.29 is 4.79 Å². The van der Waals surface area contributed by atoms with Gasteiger partial charge in [-0.05, 0) is 34.7 Å². The van der Waals surface area contributed by atoms with Crippen molar-refractivity contribution in [2.45, 2.75) is 0 Å². The van der Waals surface area contributed by atoms with Gasteiger partial charge in [0.05, 0.1) is 5.02 Å². The predicted octanol–water partition coefficient (Wildman–Crippen LogP) is 1.62. The molecule has 7 heteroatoms. The Morgan fingerprint density at radius 1 is 1.56 bits per heavy atom. The van der Waals surface area contributed by atoms with E-state index in [1.807, 2.05) is 22.6 Å². The Bertz CT molecular complexity index is 554. The van der Waals surface area contributed by atoms with Crippen LogP contribution in [0.5, 0.6) is 0 Å². The van der Waals surface area contributed by atoms with Crippen LogP contribution in [0.25, 0.3) is 5.82 Å². The second-order valence-electron chi connectivity index (χ2n) is 2.94. The third-order valence-corrected chi connectivity index (χ3v) is 2.69. The topological polar surface area (TPSA) is 73.8 Å². The summed E-state index contributed by atoms with van der Waals surface area (Å²) in [6.07, 6.45) is 1.57. The van der Waals surface area contributed by atoms with Crippen molar-refractivity contribution in [3.05, 3.63) is 38.8 Å². The fourth-order valence-corrected chi connectivity index (χ4v) is 1.93. The third-order valence-electron chi connectivity index (χ3n) is 1.87. The SMILES string of the molecule is NC(=O)c1cc(I)nn1-c1ncccc1Cl. The molecule has 2 aromatic heterocycles. The molecule has 0 aliphatic rings. The first-order chi connectivity index (χ1) is 7.59. The number of nitrogens with two attached hydrogens (primary N) is 1. The van der Waals surface area contributed by atoms with Gasteiger partial charge in [-0.2, -0.15) is 5.10 Å². The van der Waals surface area contributed by atoms with E-state index in [2.05, 4.69) is 10.1 Å². The summed E-state index contributed by atoms with van der Waals surface area (Å²) in [6.45, 7) is 0. The number of amides is 1. The Balaban J connectivity index is 2.64. The van der Waals surface area contributed by atoms with Crippen molar-refractivity contribution in [2.24, 2.45) is 5.73 Å². The molecule has 16 heavy (non-hydrogen) atoms. The molecular formula is C9H6ClIN4O. The molecule has 0 aliphatic heterocycles. The first-order valence-electron chi connectivity index (χ1n) is 4.26. The lowest BCUT2D eigenvalue weighted by Gasteiger charge is -2.04. The van der Waals surface area contributed by atoms with Crippen LogP contribution in [-0.4, -0.2) is 20.7 Å². The molecule has 0 bridgehead atoms. The average molecular weight is 349 g/mol. The normalized spacial score (nSPS) is 10.4. The lowest BCUT2D eigenvalue weighted by Crippen LogP contribution is -2.17. The molecule has 0 atom stereocenters. The minimum absolute atomic E-state index is 0.255. The number of nitrogens with zero attached hydrogens (tertiary/aromatic N) is 3. The maximum absolute atomic E-state index is 11.2. The Labute approximate surface area is 110 Å². The quantitative estimate of drug-likeness (QED) is 0.838. The molecule has 82 valence electrons. The zero-order chi connectivity index (χ0) is 11.7. The summed E-state index contributed by atoms with van der Waals surface area (Å²) >= 11 is 7.95. The number of rotatable bonds is 2. The molecule has 0 aliphatic carbocycles. The standard InChI is InChI=1S/C9H6ClIN4O/c10-5-2-1-3-13-9(5)15-6(8(12)16)4-7(11)14-15/h1-4H,(H2,12,16). The molecule has 2 rings (SSSR count). The highest BCUT2D eigenvalue weighted by Gasteiger charge is 2.15. The minimum atomic E-state index is -0.572. The van der Waals surface area contributed by atoms with Crippen molar-refractivity contribution in [1.29, 1.82) is 0 Å². The molecule has 0 saturated heterocycles. The van der Waals surface area contributed by atoms with Gasteiger partial charge in [0, 0.05) is 12.3 Å². The van der Waals surface area contributed by atoms with Crippen molar-refractivity contribution in [2.75, 3.05) is 0 Å². The van der Waals surface area contributed by atoms with Gasteiger partial charge in [-0.25, -0.2) is 9.67 Å². The predicted molar refractivity (Wildman–Crippen MR) is 67.6 cm³/mol. The van der Waals surface area contributed by atoms with Gasteiger partial charge in [-0.1, -0.05) is 11.6 Å². The Kier molecular flexibility index (Phi) is 3.10. The number of carbonyl (C=O) groups is 1. The molecule has 1 amide bonds.